The van der Waals surface area contributed by atoms with Gasteiger partial charge in [0.15, 0.2) is 0 Å². The van der Waals surface area contributed by atoms with Gasteiger partial charge in [-0.25, -0.2) is 0 Å². The molecule has 0 amide bonds. The van der Waals surface area contributed by atoms with Gasteiger partial charge >= 0.3 is 0 Å². The van der Waals surface area contributed by atoms with Gasteiger partial charge in [-0.15, -0.1) is 0 Å². The minimum atomic E-state index is 0.334. The molecule has 0 spiro atoms. The number of nitrogens with one attached hydrogen (secondary N) is 1. The summed E-state index contributed by atoms with van der Waals surface area (Å²) < 4.78 is 11.4. The largest absolute Gasteiger partial charge is 0.497 e. The van der Waals surface area contributed by atoms with E-state index in [2.05, 4.69) is 25.2 Å². The van der Waals surface area contributed by atoms with Crippen molar-refractivity contribution in [2.24, 2.45) is 0 Å². The summed E-state index contributed by atoms with van der Waals surface area (Å²) in [5.41, 5.74) is 1.24. The van der Waals surface area contributed by atoms with Crippen LogP contribution < -0.4 is 14.8 Å². The highest BCUT2D eigenvalue weighted by atomic mass is 16.5. The zero-order valence-electron chi connectivity index (χ0n) is 12.2. The molecule has 2 unspecified atom stereocenters. The van der Waals surface area contributed by atoms with E-state index in [-0.39, 0.29) is 0 Å². The molecule has 1 heterocycles. The molecular weight excluding hydrogens is 238 g/mol. The Hall–Kier alpha value is -1.22. The zero-order valence-corrected chi connectivity index (χ0v) is 12.2. The van der Waals surface area contributed by atoms with Crippen LogP contribution in [0.15, 0.2) is 18.2 Å². The van der Waals surface area contributed by atoms with Gasteiger partial charge in [0.25, 0.3) is 0 Å². The standard InChI is InChI=1S/C16H25NO2/c1-4-6-13-11-15(17-9-5-2)14-10-12(18-3)7-8-16(14)19-13/h7-8,10,13,15,17H,4-6,9,11H2,1-3H3. The van der Waals surface area contributed by atoms with Crippen LogP contribution in [0.1, 0.15) is 51.1 Å². The Morgan fingerprint density at radius 1 is 1.32 bits per heavy atom. The van der Waals surface area contributed by atoms with Crippen molar-refractivity contribution in [3.8, 4) is 11.5 Å². The summed E-state index contributed by atoms with van der Waals surface area (Å²) >= 11 is 0. The van der Waals surface area contributed by atoms with Gasteiger partial charge in [0.1, 0.15) is 17.6 Å². The van der Waals surface area contributed by atoms with Crippen LogP contribution in [0.4, 0.5) is 0 Å². The first-order valence-electron chi connectivity index (χ1n) is 7.36. The molecule has 0 radical (unpaired) electrons. The Balaban J connectivity index is 2.21. The number of methoxy groups -OCH3 is 1. The highest BCUT2D eigenvalue weighted by Crippen LogP contribution is 2.38. The lowest BCUT2D eigenvalue weighted by molar-refractivity contribution is 0.140. The molecule has 1 aromatic carbocycles. The number of rotatable bonds is 6. The fraction of sp³-hybridized carbons (Fsp3) is 0.625. The van der Waals surface area contributed by atoms with E-state index in [4.69, 9.17) is 9.47 Å². The third-order valence-electron chi connectivity index (χ3n) is 3.64. The Labute approximate surface area is 116 Å². The molecule has 2 rings (SSSR count). The maximum atomic E-state index is 6.09. The van der Waals surface area contributed by atoms with Crippen molar-refractivity contribution in [3.63, 3.8) is 0 Å². The summed E-state index contributed by atoms with van der Waals surface area (Å²) in [4.78, 5) is 0. The molecule has 3 heteroatoms. The van der Waals surface area contributed by atoms with Gasteiger partial charge in [-0.1, -0.05) is 20.3 Å². The summed E-state index contributed by atoms with van der Waals surface area (Å²) in [6.07, 6.45) is 4.82. The molecular formula is C16H25NO2. The lowest BCUT2D eigenvalue weighted by Gasteiger charge is -2.33. The molecule has 1 aliphatic heterocycles. The molecule has 1 aliphatic rings. The van der Waals surface area contributed by atoms with Crippen molar-refractivity contribution in [1.82, 2.24) is 5.32 Å². The van der Waals surface area contributed by atoms with E-state index in [1.54, 1.807) is 7.11 Å². The van der Waals surface area contributed by atoms with E-state index in [9.17, 15) is 0 Å². The van der Waals surface area contributed by atoms with Crippen LogP contribution in [0.3, 0.4) is 0 Å². The second-order valence-electron chi connectivity index (χ2n) is 5.17. The van der Waals surface area contributed by atoms with E-state index < -0.39 is 0 Å². The molecule has 1 N–H and O–H groups in total. The minimum absolute atomic E-state index is 0.334. The van der Waals surface area contributed by atoms with Gasteiger partial charge in [0.05, 0.1) is 7.11 Å². The topological polar surface area (TPSA) is 30.5 Å². The Kier molecular flexibility index (Phi) is 5.08. The summed E-state index contributed by atoms with van der Waals surface area (Å²) in [6, 6.07) is 6.50. The van der Waals surface area contributed by atoms with E-state index in [0.717, 1.165) is 43.7 Å². The maximum Gasteiger partial charge on any atom is 0.124 e. The third kappa shape index (κ3) is 3.41. The quantitative estimate of drug-likeness (QED) is 0.849. The maximum absolute atomic E-state index is 6.09. The highest BCUT2D eigenvalue weighted by molar-refractivity contribution is 5.43. The van der Waals surface area contributed by atoms with Crippen molar-refractivity contribution in [3.05, 3.63) is 23.8 Å². The number of ether oxygens (including phenoxy) is 2. The summed E-state index contributed by atoms with van der Waals surface area (Å²) in [5, 5.41) is 3.63. The number of benzene rings is 1. The van der Waals surface area contributed by atoms with Crippen LogP contribution in [0.2, 0.25) is 0 Å². The predicted molar refractivity (Wildman–Crippen MR) is 78.0 cm³/mol. The lowest BCUT2D eigenvalue weighted by Crippen LogP contribution is -2.33. The van der Waals surface area contributed by atoms with Crippen molar-refractivity contribution in [1.29, 1.82) is 0 Å². The monoisotopic (exact) mass is 263 g/mol. The van der Waals surface area contributed by atoms with Crippen LogP contribution in [-0.2, 0) is 0 Å². The second kappa shape index (κ2) is 6.80. The molecule has 0 saturated heterocycles. The average molecular weight is 263 g/mol. The number of hydrogen-bond acceptors (Lipinski definition) is 3. The van der Waals surface area contributed by atoms with Crippen molar-refractivity contribution >= 4 is 0 Å². The fourth-order valence-electron chi connectivity index (χ4n) is 2.66. The average Bonchev–Trinajstić information content (AvgIpc) is 2.44. The summed E-state index contributed by atoms with van der Waals surface area (Å²) in [5.74, 6) is 1.92. The van der Waals surface area contributed by atoms with Gasteiger partial charge < -0.3 is 14.8 Å². The summed E-state index contributed by atoms with van der Waals surface area (Å²) in [6.45, 7) is 5.45. The van der Waals surface area contributed by atoms with Gasteiger partial charge in [-0.2, -0.15) is 0 Å². The van der Waals surface area contributed by atoms with E-state index in [0.29, 0.717) is 12.1 Å². The lowest BCUT2D eigenvalue weighted by atomic mass is 9.94. The fourth-order valence-corrected chi connectivity index (χ4v) is 2.66. The van der Waals surface area contributed by atoms with Crippen LogP contribution >= 0.6 is 0 Å². The van der Waals surface area contributed by atoms with Gasteiger partial charge in [-0.05, 0) is 37.6 Å². The van der Waals surface area contributed by atoms with Crippen molar-refractivity contribution in [2.75, 3.05) is 13.7 Å². The molecule has 0 fully saturated rings. The van der Waals surface area contributed by atoms with Crippen LogP contribution in [-0.4, -0.2) is 19.8 Å². The Morgan fingerprint density at radius 2 is 2.16 bits per heavy atom. The van der Waals surface area contributed by atoms with Gasteiger partial charge in [-0.3, -0.25) is 0 Å². The number of hydrogen-bond donors (Lipinski definition) is 1. The van der Waals surface area contributed by atoms with Gasteiger partial charge in [0, 0.05) is 18.0 Å². The number of fused-ring (bicyclic) bond motifs is 1. The zero-order chi connectivity index (χ0) is 13.7. The van der Waals surface area contributed by atoms with Crippen LogP contribution in [0, 0.1) is 0 Å². The van der Waals surface area contributed by atoms with E-state index in [1.165, 1.54) is 5.56 Å². The molecule has 0 aromatic heterocycles. The molecule has 106 valence electrons. The van der Waals surface area contributed by atoms with Crippen LogP contribution in [0.5, 0.6) is 11.5 Å². The van der Waals surface area contributed by atoms with E-state index in [1.807, 2.05) is 12.1 Å². The Bertz CT molecular complexity index is 406. The molecule has 0 saturated carbocycles. The first kappa shape index (κ1) is 14.2. The first-order valence-corrected chi connectivity index (χ1v) is 7.36. The SMILES string of the molecule is CCCNC1CC(CCC)Oc2ccc(OC)cc21. The normalized spacial score (nSPS) is 21.6. The summed E-state index contributed by atoms with van der Waals surface area (Å²) in [7, 11) is 1.71. The van der Waals surface area contributed by atoms with Crippen molar-refractivity contribution < 1.29 is 9.47 Å². The highest BCUT2D eigenvalue weighted by Gasteiger charge is 2.27. The molecule has 2 atom stereocenters. The Morgan fingerprint density at radius 3 is 2.84 bits per heavy atom. The van der Waals surface area contributed by atoms with Crippen LogP contribution in [0.25, 0.3) is 0 Å². The van der Waals surface area contributed by atoms with Crippen molar-refractivity contribution in [2.45, 2.75) is 51.7 Å². The minimum Gasteiger partial charge on any atom is -0.497 e. The smallest absolute Gasteiger partial charge is 0.124 e. The third-order valence-corrected chi connectivity index (χ3v) is 3.64. The van der Waals surface area contributed by atoms with Gasteiger partial charge in [0.2, 0.25) is 0 Å². The van der Waals surface area contributed by atoms with E-state index >= 15 is 0 Å². The first-order chi connectivity index (χ1) is 9.28. The predicted octanol–water partition coefficient (Wildman–Crippen LogP) is 3.69. The molecule has 0 aliphatic carbocycles. The molecule has 0 bridgehead atoms. The molecule has 1 aromatic rings. The molecule has 19 heavy (non-hydrogen) atoms. The molecule has 3 nitrogen and oxygen atoms in total. The second-order valence-corrected chi connectivity index (χ2v) is 5.17.